The molecule has 1 aromatic heterocycles. The molecule has 0 radical (unpaired) electrons. The van der Waals surface area contributed by atoms with E-state index < -0.39 is 0 Å². The molecule has 0 saturated carbocycles. The minimum absolute atomic E-state index is 0. The zero-order valence-corrected chi connectivity index (χ0v) is 18.1. The summed E-state index contributed by atoms with van der Waals surface area (Å²) < 4.78 is 6.25. The Balaban J connectivity index is 0.00000131. The van der Waals surface area contributed by atoms with Crippen molar-refractivity contribution in [2.75, 3.05) is 50.8 Å². The molecule has 1 spiro atoms. The number of rotatable bonds is 2. The van der Waals surface area contributed by atoms with Gasteiger partial charge in [-0.05, 0) is 52.6 Å². The highest BCUT2D eigenvalue weighted by atomic mass is 35.5. The summed E-state index contributed by atoms with van der Waals surface area (Å²) in [5.74, 6) is 1.07. The fourth-order valence-corrected chi connectivity index (χ4v) is 4.67. The van der Waals surface area contributed by atoms with Crippen molar-refractivity contribution < 1.29 is 4.74 Å². The lowest BCUT2D eigenvalue weighted by Gasteiger charge is -2.48. The first-order valence-corrected chi connectivity index (χ1v) is 9.79. The van der Waals surface area contributed by atoms with Crippen LogP contribution in [0.1, 0.15) is 37.1 Å². The van der Waals surface area contributed by atoms with Crippen LogP contribution in [0, 0.1) is 13.8 Å². The molecule has 154 valence electrons. The summed E-state index contributed by atoms with van der Waals surface area (Å²) in [6.07, 6.45) is 6.58. The maximum Gasteiger partial charge on any atom is 0.150 e. The third kappa shape index (κ3) is 5.04. The van der Waals surface area contributed by atoms with Gasteiger partial charge in [0.15, 0.2) is 0 Å². The number of nitrogens with one attached hydrogen (secondary N) is 1. The number of hydrogen-bond donors (Lipinski definition) is 1. The van der Waals surface area contributed by atoms with Gasteiger partial charge in [0.1, 0.15) is 5.82 Å². The maximum absolute atomic E-state index is 6.25. The summed E-state index contributed by atoms with van der Waals surface area (Å²) in [6, 6.07) is 0.679. The van der Waals surface area contributed by atoms with Crippen molar-refractivity contribution in [2.24, 2.45) is 0 Å². The van der Waals surface area contributed by atoms with E-state index in [4.69, 9.17) is 9.72 Å². The summed E-state index contributed by atoms with van der Waals surface area (Å²) in [6.45, 7) is 11.5. The fourth-order valence-electron chi connectivity index (χ4n) is 4.67. The Bertz CT molecular complexity index is 598. The fraction of sp³-hybridized carbons (Fsp3) is 0.789. The second kappa shape index (κ2) is 9.70. The van der Waals surface area contributed by atoms with Gasteiger partial charge in [-0.2, -0.15) is 0 Å². The number of halogens is 2. The van der Waals surface area contributed by atoms with E-state index in [0.717, 1.165) is 63.1 Å². The van der Waals surface area contributed by atoms with Crippen LogP contribution in [0.5, 0.6) is 0 Å². The molecule has 4 heterocycles. The monoisotopic (exact) mass is 417 g/mol. The van der Waals surface area contributed by atoms with Crippen LogP contribution in [0.25, 0.3) is 0 Å². The zero-order valence-electron chi connectivity index (χ0n) is 16.4. The number of nitrogens with zero attached hydrogens (tertiary/aromatic N) is 4. The Kier molecular flexibility index (Phi) is 8.13. The number of aryl methyl sites for hydroxylation is 2. The maximum atomic E-state index is 6.25. The number of piperazine rings is 1. The third-order valence-corrected chi connectivity index (χ3v) is 6.16. The number of hydrogen-bond acceptors (Lipinski definition) is 6. The van der Waals surface area contributed by atoms with Gasteiger partial charge in [-0.25, -0.2) is 4.98 Å². The molecule has 0 bridgehead atoms. The molecule has 8 heteroatoms. The first-order chi connectivity index (χ1) is 12.2. The molecule has 0 aromatic carbocycles. The van der Waals surface area contributed by atoms with Crippen LogP contribution in [0.15, 0.2) is 6.20 Å². The van der Waals surface area contributed by atoms with Crippen molar-refractivity contribution in [1.82, 2.24) is 20.2 Å². The molecule has 4 rings (SSSR count). The van der Waals surface area contributed by atoms with Crippen molar-refractivity contribution in [2.45, 2.75) is 51.2 Å². The van der Waals surface area contributed by atoms with Crippen LogP contribution in [0.4, 0.5) is 5.82 Å². The van der Waals surface area contributed by atoms with E-state index in [9.17, 15) is 0 Å². The molecule has 0 aliphatic carbocycles. The first-order valence-electron chi connectivity index (χ1n) is 9.79. The van der Waals surface area contributed by atoms with Crippen molar-refractivity contribution in [3.05, 3.63) is 17.6 Å². The van der Waals surface area contributed by atoms with E-state index in [0.29, 0.717) is 6.04 Å². The standard InChI is InChI=1S/C19H31N5O.2ClH/c1-15-14-21-16(2)18(22-15)24-10-8-23(9-11-24)17-3-12-25-19(13-17)4-6-20-7-5-19;;/h14,17,20H,3-13H2,1-2H3;2*1H. The molecular weight excluding hydrogens is 385 g/mol. The smallest absolute Gasteiger partial charge is 0.150 e. The molecule has 3 aliphatic rings. The summed E-state index contributed by atoms with van der Waals surface area (Å²) in [7, 11) is 0. The molecule has 3 saturated heterocycles. The van der Waals surface area contributed by atoms with Crippen LogP contribution < -0.4 is 10.2 Å². The highest BCUT2D eigenvalue weighted by Crippen LogP contribution is 2.35. The Hall–Kier alpha value is -0.660. The Morgan fingerprint density at radius 1 is 1.11 bits per heavy atom. The van der Waals surface area contributed by atoms with Gasteiger partial charge in [-0.15, -0.1) is 24.8 Å². The van der Waals surface area contributed by atoms with Crippen LogP contribution in [-0.2, 0) is 4.74 Å². The van der Waals surface area contributed by atoms with E-state index in [2.05, 4.69) is 27.0 Å². The van der Waals surface area contributed by atoms with Crippen LogP contribution in [0.3, 0.4) is 0 Å². The Labute approximate surface area is 175 Å². The lowest BCUT2D eigenvalue weighted by molar-refractivity contribution is -0.121. The van der Waals surface area contributed by atoms with Gasteiger partial charge in [0.05, 0.1) is 17.0 Å². The predicted molar refractivity (Wildman–Crippen MR) is 114 cm³/mol. The molecule has 1 atom stereocenters. The molecule has 1 aromatic rings. The third-order valence-electron chi connectivity index (χ3n) is 6.16. The van der Waals surface area contributed by atoms with E-state index in [1.807, 2.05) is 13.1 Å². The molecule has 27 heavy (non-hydrogen) atoms. The second-order valence-corrected chi connectivity index (χ2v) is 7.87. The summed E-state index contributed by atoms with van der Waals surface area (Å²) in [5.41, 5.74) is 2.18. The first kappa shape index (κ1) is 22.6. The van der Waals surface area contributed by atoms with Crippen molar-refractivity contribution in [3.63, 3.8) is 0 Å². The molecular formula is C19H33Cl2N5O. The van der Waals surface area contributed by atoms with Gasteiger partial charge in [0.2, 0.25) is 0 Å². The zero-order chi connectivity index (χ0) is 17.3. The number of ether oxygens (including phenoxy) is 1. The summed E-state index contributed by atoms with van der Waals surface area (Å²) >= 11 is 0. The molecule has 3 fully saturated rings. The van der Waals surface area contributed by atoms with Crippen LogP contribution >= 0.6 is 24.8 Å². The number of aromatic nitrogens is 2. The number of piperidine rings is 1. The average molecular weight is 418 g/mol. The highest BCUT2D eigenvalue weighted by molar-refractivity contribution is 5.85. The van der Waals surface area contributed by atoms with Gasteiger partial charge in [0, 0.05) is 45.0 Å². The quantitative estimate of drug-likeness (QED) is 0.796. The normalized spacial score (nSPS) is 25.6. The molecule has 6 nitrogen and oxygen atoms in total. The highest BCUT2D eigenvalue weighted by Gasteiger charge is 2.40. The number of anilines is 1. The molecule has 3 aliphatic heterocycles. The van der Waals surface area contributed by atoms with Crippen molar-refractivity contribution >= 4 is 30.6 Å². The largest absolute Gasteiger partial charge is 0.375 e. The molecule has 1 unspecified atom stereocenters. The van der Waals surface area contributed by atoms with E-state index >= 15 is 0 Å². The van der Waals surface area contributed by atoms with Gasteiger partial charge < -0.3 is 15.0 Å². The van der Waals surface area contributed by atoms with Crippen molar-refractivity contribution in [1.29, 1.82) is 0 Å². The second-order valence-electron chi connectivity index (χ2n) is 7.87. The molecule has 1 N–H and O–H groups in total. The SMILES string of the molecule is Cc1cnc(C)c(N2CCN(C3CCOC4(CCNCC4)C3)CC2)n1.Cl.Cl. The van der Waals surface area contributed by atoms with Crippen LogP contribution in [-0.4, -0.2) is 72.4 Å². The van der Waals surface area contributed by atoms with Gasteiger partial charge >= 0.3 is 0 Å². The molecule has 0 amide bonds. The Morgan fingerprint density at radius 2 is 1.81 bits per heavy atom. The summed E-state index contributed by atoms with van der Waals surface area (Å²) in [4.78, 5) is 14.3. The minimum atomic E-state index is 0. The predicted octanol–water partition coefficient (Wildman–Crippen LogP) is 2.36. The Morgan fingerprint density at radius 3 is 2.52 bits per heavy atom. The van der Waals surface area contributed by atoms with E-state index in [1.54, 1.807) is 0 Å². The van der Waals surface area contributed by atoms with Crippen LogP contribution in [0.2, 0.25) is 0 Å². The van der Waals surface area contributed by atoms with Gasteiger partial charge in [-0.3, -0.25) is 9.88 Å². The summed E-state index contributed by atoms with van der Waals surface area (Å²) in [5, 5.41) is 3.47. The topological polar surface area (TPSA) is 53.5 Å². The van der Waals surface area contributed by atoms with E-state index in [1.165, 1.54) is 25.7 Å². The van der Waals surface area contributed by atoms with Gasteiger partial charge in [0.25, 0.3) is 0 Å². The lowest BCUT2D eigenvalue weighted by Crippen LogP contribution is -2.57. The van der Waals surface area contributed by atoms with Crippen molar-refractivity contribution in [3.8, 4) is 0 Å². The van der Waals surface area contributed by atoms with E-state index in [-0.39, 0.29) is 30.4 Å². The van der Waals surface area contributed by atoms with Gasteiger partial charge in [-0.1, -0.05) is 0 Å². The minimum Gasteiger partial charge on any atom is -0.375 e. The lowest BCUT2D eigenvalue weighted by atomic mass is 9.82. The average Bonchev–Trinajstić information content (AvgIpc) is 2.65.